The third-order valence-corrected chi connectivity index (χ3v) is 5.09. The number of hydrogen-bond acceptors (Lipinski definition) is 6. The van der Waals surface area contributed by atoms with Gasteiger partial charge in [0.2, 0.25) is 0 Å². The molecule has 0 aromatic rings. The molecule has 2 heterocycles. The van der Waals surface area contributed by atoms with Crippen molar-refractivity contribution in [3.05, 3.63) is 16.9 Å². The van der Waals surface area contributed by atoms with Gasteiger partial charge in [0, 0.05) is 19.0 Å². The maximum Gasteiger partial charge on any atom is 0.341 e. The largest absolute Gasteiger partial charge is 0.632 e. The smallest absolute Gasteiger partial charge is 0.341 e. The standard InChI is InChI=1S/C16H27NO6/c1-10(2)16(20,11(3)22-4)15(19)23-9-12-5-7-17(21)8-6-13(18)14(12)17/h5,10-11,13-14,18,20H,6-9H2,1-4H3/t11-,13+,14-,16+,17?/m1/s1/i4D3. The van der Waals surface area contributed by atoms with E-state index in [1.807, 2.05) is 0 Å². The van der Waals surface area contributed by atoms with Gasteiger partial charge < -0.3 is 29.5 Å². The Hall–Kier alpha value is -0.990. The molecule has 23 heavy (non-hydrogen) atoms. The van der Waals surface area contributed by atoms with Crippen molar-refractivity contribution >= 4 is 5.97 Å². The van der Waals surface area contributed by atoms with Gasteiger partial charge in [-0.3, -0.25) is 0 Å². The second-order valence-corrected chi connectivity index (χ2v) is 6.75. The first-order chi connectivity index (χ1) is 11.8. The third kappa shape index (κ3) is 3.04. The van der Waals surface area contributed by atoms with Crippen LogP contribution in [-0.2, 0) is 14.3 Å². The molecule has 2 N–H and O–H groups in total. The van der Waals surface area contributed by atoms with Crippen LogP contribution in [0.2, 0.25) is 0 Å². The Morgan fingerprint density at radius 2 is 2.30 bits per heavy atom. The van der Waals surface area contributed by atoms with Gasteiger partial charge in [-0.1, -0.05) is 13.8 Å². The first-order valence-electron chi connectivity index (χ1n) is 9.33. The van der Waals surface area contributed by atoms with Gasteiger partial charge in [0.25, 0.3) is 0 Å². The number of carbonyl (C=O) groups excluding carboxylic acids is 1. The van der Waals surface area contributed by atoms with Gasteiger partial charge in [0.05, 0.1) is 23.3 Å². The number of aliphatic hydroxyl groups is 2. The number of ether oxygens (including phenoxy) is 2. The van der Waals surface area contributed by atoms with Gasteiger partial charge in [-0.2, -0.15) is 0 Å². The van der Waals surface area contributed by atoms with Crippen molar-refractivity contribution in [1.29, 1.82) is 0 Å². The van der Waals surface area contributed by atoms with Crippen LogP contribution in [0.3, 0.4) is 0 Å². The van der Waals surface area contributed by atoms with Crippen molar-refractivity contribution in [3.8, 4) is 0 Å². The topological polar surface area (TPSA) is 99.1 Å². The van der Waals surface area contributed by atoms with E-state index in [2.05, 4.69) is 0 Å². The number of carbonyl (C=O) groups is 1. The average molecular weight is 332 g/mol. The van der Waals surface area contributed by atoms with Gasteiger partial charge in [0.1, 0.15) is 18.8 Å². The number of rotatable bonds is 6. The molecule has 2 aliphatic heterocycles. The molecule has 0 radical (unpaired) electrons. The van der Waals surface area contributed by atoms with E-state index in [9.17, 15) is 20.2 Å². The summed E-state index contributed by atoms with van der Waals surface area (Å²) >= 11 is 0. The fraction of sp³-hybridized carbons (Fsp3) is 0.812. The SMILES string of the molecule is [2H]C([2H])([2H])O[C@H](C)[C@](O)(C(=O)OCC1=CC[N+]2([O-])CC[C@H](O)[C@@H]12)C(C)C. The lowest BCUT2D eigenvalue weighted by molar-refractivity contribution is -0.877. The lowest BCUT2D eigenvalue weighted by atomic mass is 9.85. The summed E-state index contributed by atoms with van der Waals surface area (Å²) in [5.74, 6) is -1.69. The molecule has 0 amide bonds. The minimum atomic E-state index is -2.77. The molecular formula is C16H27NO6. The lowest BCUT2D eigenvalue weighted by Gasteiger charge is -2.40. The summed E-state index contributed by atoms with van der Waals surface area (Å²) in [5, 5.41) is 33.4. The first kappa shape index (κ1) is 14.4. The van der Waals surface area contributed by atoms with Crippen molar-refractivity contribution in [3.63, 3.8) is 0 Å². The summed E-state index contributed by atoms with van der Waals surface area (Å²) in [6.45, 7) is 4.67. The van der Waals surface area contributed by atoms with Gasteiger partial charge in [-0.15, -0.1) is 0 Å². The Balaban J connectivity index is 2.07. The van der Waals surface area contributed by atoms with Crippen LogP contribution < -0.4 is 0 Å². The van der Waals surface area contributed by atoms with Gasteiger partial charge in [0.15, 0.2) is 5.60 Å². The van der Waals surface area contributed by atoms with Gasteiger partial charge >= 0.3 is 5.97 Å². The maximum atomic E-state index is 12.6. The van der Waals surface area contributed by atoms with Crippen molar-refractivity contribution < 1.29 is 33.2 Å². The molecule has 0 aliphatic carbocycles. The van der Waals surface area contributed by atoms with Crippen molar-refractivity contribution in [2.24, 2.45) is 5.92 Å². The molecule has 0 spiro atoms. The predicted octanol–water partition coefficient (Wildman–Crippen LogP) is 0.339. The molecule has 132 valence electrons. The predicted molar refractivity (Wildman–Crippen MR) is 83.1 cm³/mol. The number of esters is 1. The van der Waals surface area contributed by atoms with E-state index in [-0.39, 0.29) is 13.2 Å². The van der Waals surface area contributed by atoms with Gasteiger partial charge in [-0.05, 0) is 18.9 Å². The summed E-state index contributed by atoms with van der Waals surface area (Å²) in [7, 11) is -2.77. The molecule has 1 unspecified atom stereocenters. The monoisotopic (exact) mass is 332 g/mol. The quantitative estimate of drug-likeness (QED) is 0.315. The van der Waals surface area contributed by atoms with Crippen LogP contribution in [-0.4, -0.2) is 71.4 Å². The Bertz CT molecular complexity index is 581. The average Bonchev–Trinajstić information content (AvgIpc) is 2.98. The van der Waals surface area contributed by atoms with Crippen LogP contribution >= 0.6 is 0 Å². The highest BCUT2D eigenvalue weighted by Gasteiger charge is 2.49. The number of fused-ring (bicyclic) bond motifs is 1. The fourth-order valence-corrected chi connectivity index (χ4v) is 3.48. The summed E-state index contributed by atoms with van der Waals surface area (Å²) in [4.78, 5) is 12.5. The minimum absolute atomic E-state index is 0.210. The molecule has 5 atom stereocenters. The number of aliphatic hydroxyl groups excluding tert-OH is 1. The maximum absolute atomic E-state index is 12.6. The Kier molecular flexibility index (Phi) is 4.05. The molecule has 1 fully saturated rings. The van der Waals surface area contributed by atoms with Crippen LogP contribution in [0.5, 0.6) is 0 Å². The van der Waals surface area contributed by atoms with Crippen LogP contribution in [0, 0.1) is 11.1 Å². The summed E-state index contributed by atoms with van der Waals surface area (Å²) in [6.07, 6.45) is -0.0727. The van der Waals surface area contributed by atoms with Crippen LogP contribution in [0.25, 0.3) is 0 Å². The normalized spacial score (nSPS) is 36.5. The summed E-state index contributed by atoms with van der Waals surface area (Å²) < 4.78 is 30.9. The van der Waals surface area contributed by atoms with E-state index in [0.717, 1.165) is 0 Å². The second-order valence-electron chi connectivity index (χ2n) is 6.75. The molecule has 0 saturated carbocycles. The molecule has 7 nitrogen and oxygen atoms in total. The second kappa shape index (κ2) is 6.49. The van der Waals surface area contributed by atoms with Crippen LogP contribution in [0.1, 0.15) is 31.3 Å². The van der Waals surface area contributed by atoms with E-state index >= 15 is 0 Å². The highest BCUT2D eigenvalue weighted by atomic mass is 16.6. The molecule has 2 rings (SSSR count). The van der Waals surface area contributed by atoms with E-state index < -0.39 is 47.4 Å². The van der Waals surface area contributed by atoms with Gasteiger partial charge in [-0.25, -0.2) is 4.79 Å². The van der Waals surface area contributed by atoms with Crippen LogP contribution in [0.15, 0.2) is 11.6 Å². The van der Waals surface area contributed by atoms with E-state index in [4.69, 9.17) is 13.6 Å². The molecule has 1 saturated heterocycles. The third-order valence-electron chi connectivity index (χ3n) is 5.09. The number of methoxy groups -OCH3 is 1. The first-order valence-corrected chi connectivity index (χ1v) is 7.83. The Morgan fingerprint density at radius 1 is 1.61 bits per heavy atom. The lowest BCUT2D eigenvalue weighted by Crippen LogP contribution is -2.54. The number of hydrogen-bond donors (Lipinski definition) is 2. The molecule has 0 bridgehead atoms. The summed E-state index contributed by atoms with van der Waals surface area (Å²) in [6, 6.07) is -0.661. The van der Waals surface area contributed by atoms with E-state index in [1.165, 1.54) is 6.92 Å². The highest BCUT2D eigenvalue weighted by molar-refractivity contribution is 5.80. The molecule has 2 aliphatic rings. The molecular weight excluding hydrogens is 302 g/mol. The zero-order valence-electron chi connectivity index (χ0n) is 16.7. The zero-order chi connectivity index (χ0) is 19.9. The van der Waals surface area contributed by atoms with Crippen molar-refractivity contribution in [1.82, 2.24) is 0 Å². The fourth-order valence-electron chi connectivity index (χ4n) is 3.48. The van der Waals surface area contributed by atoms with Crippen LogP contribution in [0.4, 0.5) is 0 Å². The number of hydroxylamine groups is 3. The zero-order valence-corrected chi connectivity index (χ0v) is 13.7. The molecule has 0 aromatic heterocycles. The van der Waals surface area contributed by atoms with E-state index in [0.29, 0.717) is 18.5 Å². The highest BCUT2D eigenvalue weighted by Crippen LogP contribution is 2.36. The van der Waals surface area contributed by atoms with E-state index in [1.54, 1.807) is 19.9 Å². The molecule has 7 heteroatoms. The summed E-state index contributed by atoms with van der Waals surface area (Å²) in [5.41, 5.74) is -1.64. The minimum Gasteiger partial charge on any atom is -0.632 e. The van der Waals surface area contributed by atoms with Crippen molar-refractivity contribution in [2.75, 3.05) is 26.7 Å². The Morgan fingerprint density at radius 3 is 2.91 bits per heavy atom. The Labute approximate surface area is 140 Å². The number of nitrogens with zero attached hydrogens (tertiary/aromatic N) is 1. The number of quaternary nitrogens is 1. The molecule has 0 aromatic carbocycles. The van der Waals surface area contributed by atoms with Crippen molar-refractivity contribution in [2.45, 2.75) is 51.0 Å².